The van der Waals surface area contributed by atoms with Crippen LogP contribution in [-0.4, -0.2) is 20.0 Å². The van der Waals surface area contributed by atoms with E-state index in [2.05, 4.69) is 6.07 Å². The zero-order chi connectivity index (χ0) is 13.6. The molecule has 0 saturated carbocycles. The SMILES string of the molecule is CC(C#N)(CCC(=O)O)SC(=S)c1ccccc1.[H-].[K+]. The van der Waals surface area contributed by atoms with E-state index >= 15 is 0 Å². The zero-order valence-electron chi connectivity index (χ0n) is 11.9. The molecule has 1 N–H and O–H groups in total. The number of hydrogen-bond donors (Lipinski definition) is 1. The van der Waals surface area contributed by atoms with Gasteiger partial charge >= 0.3 is 57.4 Å². The summed E-state index contributed by atoms with van der Waals surface area (Å²) in [6, 6.07) is 11.6. The summed E-state index contributed by atoms with van der Waals surface area (Å²) in [7, 11) is 0. The molecule has 0 radical (unpaired) electrons. The number of carboxylic acids is 1. The number of nitriles is 1. The molecule has 6 heteroatoms. The van der Waals surface area contributed by atoms with Gasteiger partial charge in [-0.2, -0.15) is 5.26 Å². The van der Waals surface area contributed by atoms with Crippen molar-refractivity contribution in [2.24, 2.45) is 0 Å². The van der Waals surface area contributed by atoms with Crippen molar-refractivity contribution in [2.45, 2.75) is 24.5 Å². The third kappa shape index (κ3) is 7.00. The molecule has 0 amide bonds. The van der Waals surface area contributed by atoms with Gasteiger partial charge in [0.05, 0.1) is 10.3 Å². The molecule has 0 aromatic heterocycles. The van der Waals surface area contributed by atoms with E-state index in [-0.39, 0.29) is 65.7 Å². The Morgan fingerprint density at radius 3 is 2.58 bits per heavy atom. The predicted molar refractivity (Wildman–Crippen MR) is 77.7 cm³/mol. The Bertz CT molecular complexity index is 493. The molecule has 1 atom stereocenters. The Morgan fingerprint density at radius 2 is 2.11 bits per heavy atom. The Hall–Kier alpha value is 0.256. The maximum absolute atomic E-state index is 10.6. The van der Waals surface area contributed by atoms with Crippen LogP contribution in [-0.2, 0) is 4.79 Å². The normalized spacial score (nSPS) is 12.6. The molecule has 0 heterocycles. The van der Waals surface area contributed by atoms with Crippen LogP contribution in [0.25, 0.3) is 0 Å². The van der Waals surface area contributed by atoms with Gasteiger partial charge in [0.1, 0.15) is 4.75 Å². The quantitative estimate of drug-likeness (QED) is 0.627. The summed E-state index contributed by atoms with van der Waals surface area (Å²) in [6.07, 6.45) is 0.241. The van der Waals surface area contributed by atoms with Crippen molar-refractivity contribution in [2.75, 3.05) is 0 Å². The molecule has 0 aliphatic heterocycles. The number of nitrogens with zero attached hydrogens (tertiary/aromatic N) is 1. The maximum Gasteiger partial charge on any atom is 1.00 e. The van der Waals surface area contributed by atoms with Gasteiger partial charge in [-0.3, -0.25) is 4.79 Å². The van der Waals surface area contributed by atoms with Crippen LogP contribution in [0.5, 0.6) is 0 Å². The first kappa shape index (κ1) is 19.3. The third-order valence-electron chi connectivity index (χ3n) is 2.38. The van der Waals surface area contributed by atoms with Crippen molar-refractivity contribution < 1.29 is 62.7 Å². The van der Waals surface area contributed by atoms with Gasteiger partial charge in [0.25, 0.3) is 0 Å². The average Bonchev–Trinajstić information content (AvgIpc) is 2.37. The minimum absolute atomic E-state index is 0. The maximum atomic E-state index is 10.6. The summed E-state index contributed by atoms with van der Waals surface area (Å²) < 4.78 is -0.185. The molecule has 1 aromatic rings. The van der Waals surface area contributed by atoms with Crippen molar-refractivity contribution in [3.63, 3.8) is 0 Å². The van der Waals surface area contributed by atoms with Gasteiger partial charge in [-0.25, -0.2) is 0 Å². The second kappa shape index (κ2) is 9.24. The number of carbonyl (C=O) groups is 1. The topological polar surface area (TPSA) is 61.1 Å². The number of aliphatic carboxylic acids is 1. The first-order valence-electron chi connectivity index (χ1n) is 5.38. The molecule has 0 aliphatic carbocycles. The molecule has 3 nitrogen and oxygen atoms in total. The van der Waals surface area contributed by atoms with Gasteiger partial charge in [-0.1, -0.05) is 54.3 Å². The van der Waals surface area contributed by atoms with E-state index in [9.17, 15) is 10.1 Å². The van der Waals surface area contributed by atoms with Crippen LogP contribution in [0.4, 0.5) is 0 Å². The smallest absolute Gasteiger partial charge is 1.00 e. The van der Waals surface area contributed by atoms with E-state index in [1.54, 1.807) is 6.92 Å². The fourth-order valence-electron chi connectivity index (χ4n) is 1.31. The third-order valence-corrected chi connectivity index (χ3v) is 4.03. The number of benzene rings is 1. The van der Waals surface area contributed by atoms with E-state index in [1.165, 1.54) is 11.8 Å². The molecule has 0 spiro atoms. The molecular weight excluding hydrogens is 305 g/mol. The minimum Gasteiger partial charge on any atom is -1.00 e. The standard InChI is InChI=1S/C13H13NO2S2.K.H/c1-13(9-14,8-7-11(15)16)18-12(17)10-5-3-2-4-6-10;;/h2-6H,7-8H2,1H3,(H,15,16);;/q;+1;-1. The van der Waals surface area contributed by atoms with Gasteiger partial charge in [0.2, 0.25) is 0 Å². The predicted octanol–water partition coefficient (Wildman–Crippen LogP) is 0.359. The molecule has 0 aliphatic rings. The number of hydrogen-bond acceptors (Lipinski definition) is 4. The molecule has 96 valence electrons. The van der Waals surface area contributed by atoms with Crippen molar-refractivity contribution in [1.29, 1.82) is 5.26 Å². The van der Waals surface area contributed by atoms with Gasteiger partial charge in [0, 0.05) is 6.42 Å². The number of carboxylic acid groups (broad SMARTS) is 1. The second-order valence-electron chi connectivity index (χ2n) is 3.99. The Balaban J connectivity index is 0. The number of thioether (sulfide) groups is 1. The molecule has 0 saturated heterocycles. The van der Waals surface area contributed by atoms with Crippen LogP contribution < -0.4 is 51.4 Å². The van der Waals surface area contributed by atoms with Gasteiger partial charge in [-0.05, 0) is 18.9 Å². The fourth-order valence-corrected chi connectivity index (χ4v) is 2.91. The van der Waals surface area contributed by atoms with Crippen molar-refractivity contribution in [3.8, 4) is 6.07 Å². The summed E-state index contributed by atoms with van der Waals surface area (Å²) in [5.74, 6) is -0.900. The summed E-state index contributed by atoms with van der Waals surface area (Å²) in [5.41, 5.74) is 0.884. The van der Waals surface area contributed by atoms with Crippen LogP contribution in [0.15, 0.2) is 30.3 Å². The van der Waals surface area contributed by atoms with Crippen molar-refractivity contribution in [3.05, 3.63) is 35.9 Å². The van der Waals surface area contributed by atoms with Crippen molar-refractivity contribution >= 4 is 34.1 Å². The molecule has 0 bridgehead atoms. The molecule has 1 unspecified atom stereocenters. The number of rotatable bonds is 5. The van der Waals surface area contributed by atoms with Gasteiger partial charge in [-0.15, -0.1) is 0 Å². The first-order chi connectivity index (χ1) is 8.47. The van der Waals surface area contributed by atoms with E-state index in [0.717, 1.165) is 5.56 Å². The second-order valence-corrected chi connectivity index (χ2v) is 6.17. The van der Waals surface area contributed by atoms with Gasteiger partial charge in [0.15, 0.2) is 0 Å². The average molecular weight is 319 g/mol. The van der Waals surface area contributed by atoms with Crippen LogP contribution in [0, 0.1) is 11.3 Å². The molecule has 19 heavy (non-hydrogen) atoms. The van der Waals surface area contributed by atoms with Crippen molar-refractivity contribution in [1.82, 2.24) is 0 Å². The first-order valence-corrected chi connectivity index (χ1v) is 6.61. The minimum atomic E-state index is -0.900. The van der Waals surface area contributed by atoms with Gasteiger partial charge < -0.3 is 6.53 Å². The van der Waals surface area contributed by atoms with Crippen LogP contribution in [0.3, 0.4) is 0 Å². The monoisotopic (exact) mass is 319 g/mol. The summed E-state index contributed by atoms with van der Waals surface area (Å²) >= 11 is 6.53. The Kier molecular flexibility index (Phi) is 9.36. The molecule has 0 fully saturated rings. The summed E-state index contributed by atoms with van der Waals surface area (Å²) in [6.45, 7) is 1.72. The summed E-state index contributed by atoms with van der Waals surface area (Å²) in [5, 5.41) is 17.8. The van der Waals surface area contributed by atoms with Crippen LogP contribution in [0.1, 0.15) is 26.8 Å². The van der Waals surface area contributed by atoms with Crippen LogP contribution in [0.2, 0.25) is 0 Å². The van der Waals surface area contributed by atoms with E-state index in [4.69, 9.17) is 17.3 Å². The van der Waals surface area contributed by atoms with E-state index < -0.39 is 10.7 Å². The molecular formula is C13H14KNO2S2. The van der Waals surface area contributed by atoms with E-state index in [0.29, 0.717) is 4.20 Å². The van der Waals surface area contributed by atoms with E-state index in [1.807, 2.05) is 30.3 Å². The molecule has 1 rings (SSSR count). The molecule has 1 aromatic carbocycles. The number of thiocarbonyl (C=S) groups is 1. The fraction of sp³-hybridized carbons (Fsp3) is 0.308. The largest absolute Gasteiger partial charge is 1.00 e. The Morgan fingerprint density at radius 1 is 1.53 bits per heavy atom. The Labute approximate surface area is 166 Å². The zero-order valence-corrected chi connectivity index (χ0v) is 15.7. The van der Waals surface area contributed by atoms with Crippen LogP contribution >= 0.6 is 24.0 Å². The summed E-state index contributed by atoms with van der Waals surface area (Å²) in [4.78, 5) is 10.6.